The molecule has 1 aliphatic rings. The van der Waals surface area contributed by atoms with Gasteiger partial charge in [0, 0.05) is 23.3 Å². The van der Waals surface area contributed by atoms with Crippen molar-refractivity contribution >= 4 is 17.4 Å². The minimum absolute atomic E-state index is 0.208. The van der Waals surface area contributed by atoms with E-state index in [4.69, 9.17) is 17.3 Å². The van der Waals surface area contributed by atoms with Crippen molar-refractivity contribution in [2.24, 2.45) is 0 Å². The summed E-state index contributed by atoms with van der Waals surface area (Å²) in [5, 5.41) is 13.8. The van der Waals surface area contributed by atoms with Crippen molar-refractivity contribution in [3.05, 3.63) is 22.3 Å². The second-order valence-electron chi connectivity index (χ2n) is 4.99. The zero-order valence-electron chi connectivity index (χ0n) is 10.1. The zero-order chi connectivity index (χ0) is 12.6. The summed E-state index contributed by atoms with van der Waals surface area (Å²) in [5.41, 5.74) is 7.27. The summed E-state index contributed by atoms with van der Waals surface area (Å²) in [6.45, 7) is 4.49. The Bertz CT molecular complexity index is 432. The molecule has 5 heteroatoms. The van der Waals surface area contributed by atoms with Gasteiger partial charge in [0.15, 0.2) is 0 Å². The smallest absolute Gasteiger partial charge is 0.142 e. The monoisotopic (exact) mass is 255 g/mol. The van der Waals surface area contributed by atoms with Crippen LogP contribution in [0.5, 0.6) is 0 Å². The molecule has 4 nitrogen and oxygen atoms in total. The number of halogens is 1. The molecule has 1 aromatic heterocycles. The van der Waals surface area contributed by atoms with Crippen LogP contribution in [0.25, 0.3) is 0 Å². The Labute approximate surface area is 106 Å². The van der Waals surface area contributed by atoms with E-state index >= 15 is 0 Å². The van der Waals surface area contributed by atoms with Crippen LogP contribution in [0, 0.1) is 6.92 Å². The SMILES string of the molecule is Cc1nc(N)c(Cl)cc1[C@@H](O)CNC1(C)CC1. The molecule has 0 aliphatic heterocycles. The molecule has 0 unspecified atom stereocenters. The highest BCUT2D eigenvalue weighted by atomic mass is 35.5. The number of aliphatic hydroxyl groups is 1. The van der Waals surface area contributed by atoms with E-state index in [1.165, 1.54) is 12.8 Å². The molecule has 0 saturated heterocycles. The quantitative estimate of drug-likeness (QED) is 0.767. The van der Waals surface area contributed by atoms with Crippen LogP contribution in [0.15, 0.2) is 6.07 Å². The summed E-state index contributed by atoms with van der Waals surface area (Å²) >= 11 is 5.91. The van der Waals surface area contributed by atoms with Gasteiger partial charge in [0.05, 0.1) is 11.1 Å². The van der Waals surface area contributed by atoms with E-state index in [2.05, 4.69) is 17.2 Å². The maximum Gasteiger partial charge on any atom is 0.142 e. The first-order valence-corrected chi connectivity index (χ1v) is 6.15. The van der Waals surface area contributed by atoms with Crippen LogP contribution in [-0.4, -0.2) is 22.2 Å². The van der Waals surface area contributed by atoms with E-state index in [1.807, 2.05) is 6.92 Å². The minimum Gasteiger partial charge on any atom is -0.387 e. The summed E-state index contributed by atoms with van der Waals surface area (Å²) in [4.78, 5) is 4.11. The number of nitrogens with one attached hydrogen (secondary N) is 1. The summed E-state index contributed by atoms with van der Waals surface area (Å²) in [6.07, 6.45) is 1.73. The number of β-amino-alcohol motifs (C(OH)–C–C–N with tert-alkyl or cyclic N) is 1. The van der Waals surface area contributed by atoms with E-state index < -0.39 is 6.10 Å². The average Bonchev–Trinajstić information content (AvgIpc) is 2.99. The van der Waals surface area contributed by atoms with E-state index in [0.717, 1.165) is 11.3 Å². The normalized spacial score (nSPS) is 19.1. The van der Waals surface area contributed by atoms with Crippen molar-refractivity contribution in [1.82, 2.24) is 10.3 Å². The molecular formula is C12H18ClN3O. The lowest BCUT2D eigenvalue weighted by Gasteiger charge is -2.18. The Balaban J connectivity index is 2.07. The van der Waals surface area contributed by atoms with Crippen LogP contribution >= 0.6 is 11.6 Å². The van der Waals surface area contributed by atoms with Crippen molar-refractivity contribution in [2.75, 3.05) is 12.3 Å². The van der Waals surface area contributed by atoms with Crippen LogP contribution in [0.3, 0.4) is 0 Å². The third kappa shape index (κ3) is 2.89. The van der Waals surface area contributed by atoms with Crippen LogP contribution in [0.4, 0.5) is 5.82 Å². The van der Waals surface area contributed by atoms with Gasteiger partial charge in [0.2, 0.25) is 0 Å². The first-order chi connectivity index (χ1) is 7.91. The van der Waals surface area contributed by atoms with Gasteiger partial charge in [0.1, 0.15) is 5.82 Å². The lowest BCUT2D eigenvalue weighted by molar-refractivity contribution is 0.168. The number of rotatable bonds is 4. The van der Waals surface area contributed by atoms with E-state index in [-0.39, 0.29) is 5.54 Å². The van der Waals surface area contributed by atoms with Crippen molar-refractivity contribution in [1.29, 1.82) is 0 Å². The van der Waals surface area contributed by atoms with Crippen LogP contribution in [0.1, 0.15) is 37.1 Å². The molecule has 17 heavy (non-hydrogen) atoms. The maximum absolute atomic E-state index is 10.1. The van der Waals surface area contributed by atoms with Gasteiger partial charge in [0.25, 0.3) is 0 Å². The van der Waals surface area contributed by atoms with Crippen LogP contribution in [0.2, 0.25) is 5.02 Å². The second kappa shape index (κ2) is 4.44. The Kier molecular flexibility index (Phi) is 3.30. The summed E-state index contributed by atoms with van der Waals surface area (Å²) in [5.74, 6) is 0.308. The van der Waals surface area contributed by atoms with Gasteiger partial charge < -0.3 is 16.2 Å². The molecule has 94 valence electrons. The average molecular weight is 256 g/mol. The number of nitrogens with zero attached hydrogens (tertiary/aromatic N) is 1. The number of hydrogen-bond acceptors (Lipinski definition) is 4. The first-order valence-electron chi connectivity index (χ1n) is 5.77. The fraction of sp³-hybridized carbons (Fsp3) is 0.583. The maximum atomic E-state index is 10.1. The molecule has 1 heterocycles. The number of aliphatic hydroxyl groups excluding tert-OH is 1. The third-order valence-electron chi connectivity index (χ3n) is 3.31. The standard InChI is InChI=1S/C12H18ClN3O/c1-7-8(5-9(13)11(14)16-7)10(17)6-15-12(2)3-4-12/h5,10,15,17H,3-4,6H2,1-2H3,(H2,14,16)/t10-/m0/s1. The Hall–Kier alpha value is -0.840. The predicted octanol–water partition coefficient (Wildman–Crippen LogP) is 1.80. The van der Waals surface area contributed by atoms with Crippen LogP contribution in [-0.2, 0) is 0 Å². The number of pyridine rings is 1. The molecule has 2 rings (SSSR count). The molecule has 4 N–H and O–H groups in total. The highest BCUT2D eigenvalue weighted by Crippen LogP contribution is 2.34. The number of nitrogen functional groups attached to an aromatic ring is 1. The van der Waals surface area contributed by atoms with Crippen molar-refractivity contribution in [2.45, 2.75) is 38.3 Å². The number of hydrogen-bond donors (Lipinski definition) is 3. The Morgan fingerprint density at radius 3 is 2.88 bits per heavy atom. The molecule has 0 bridgehead atoms. The van der Waals surface area contributed by atoms with E-state index in [1.54, 1.807) is 6.07 Å². The summed E-state index contributed by atoms with van der Waals surface area (Å²) in [7, 11) is 0. The third-order valence-corrected chi connectivity index (χ3v) is 3.62. The lowest BCUT2D eigenvalue weighted by Crippen LogP contribution is -2.32. The highest BCUT2D eigenvalue weighted by molar-refractivity contribution is 6.32. The first kappa shape index (κ1) is 12.6. The van der Waals surface area contributed by atoms with E-state index in [9.17, 15) is 5.11 Å². The molecule has 0 radical (unpaired) electrons. The van der Waals surface area contributed by atoms with Gasteiger partial charge in [-0.05, 0) is 32.8 Å². The molecule has 1 aliphatic carbocycles. The number of aromatic nitrogens is 1. The number of anilines is 1. The Morgan fingerprint density at radius 2 is 2.29 bits per heavy atom. The molecule has 1 atom stereocenters. The van der Waals surface area contributed by atoms with Crippen LogP contribution < -0.4 is 11.1 Å². The molecule has 1 fully saturated rings. The van der Waals surface area contributed by atoms with Crippen molar-refractivity contribution in [3.8, 4) is 0 Å². The highest BCUT2D eigenvalue weighted by Gasteiger charge is 2.37. The topological polar surface area (TPSA) is 71.2 Å². The molecule has 1 aromatic rings. The van der Waals surface area contributed by atoms with Gasteiger partial charge in [-0.2, -0.15) is 0 Å². The van der Waals surface area contributed by atoms with Gasteiger partial charge in [-0.1, -0.05) is 11.6 Å². The lowest BCUT2D eigenvalue weighted by atomic mass is 10.1. The number of nitrogens with two attached hydrogens (primary N) is 1. The molecule has 0 aromatic carbocycles. The van der Waals surface area contributed by atoms with Crippen molar-refractivity contribution in [3.63, 3.8) is 0 Å². The molecule has 1 saturated carbocycles. The van der Waals surface area contributed by atoms with Gasteiger partial charge in [-0.15, -0.1) is 0 Å². The van der Waals surface area contributed by atoms with Gasteiger partial charge in [-0.25, -0.2) is 4.98 Å². The fourth-order valence-corrected chi connectivity index (χ4v) is 1.93. The summed E-state index contributed by atoms with van der Waals surface area (Å²) < 4.78 is 0. The second-order valence-corrected chi connectivity index (χ2v) is 5.39. The zero-order valence-corrected chi connectivity index (χ0v) is 10.9. The van der Waals surface area contributed by atoms with Gasteiger partial charge in [-0.3, -0.25) is 0 Å². The van der Waals surface area contributed by atoms with Gasteiger partial charge >= 0.3 is 0 Å². The predicted molar refractivity (Wildman–Crippen MR) is 69.0 cm³/mol. The fourth-order valence-electron chi connectivity index (χ4n) is 1.77. The largest absolute Gasteiger partial charge is 0.387 e. The Morgan fingerprint density at radius 1 is 1.65 bits per heavy atom. The molecule has 0 amide bonds. The molecule has 0 spiro atoms. The minimum atomic E-state index is -0.599. The van der Waals surface area contributed by atoms with Crippen molar-refractivity contribution < 1.29 is 5.11 Å². The summed E-state index contributed by atoms with van der Waals surface area (Å²) in [6, 6.07) is 1.70. The molecular weight excluding hydrogens is 238 g/mol. The number of aryl methyl sites for hydroxylation is 1. The van der Waals surface area contributed by atoms with E-state index in [0.29, 0.717) is 17.4 Å².